The number of carbonyl (C=O) groups excluding carboxylic acids is 2. The van der Waals surface area contributed by atoms with Crippen LogP contribution in [0.4, 0.5) is 9.59 Å². The standard InChI is InChI=1S/C41H63N3O9/c1-8-20-44(39(48)49-27-40(5,6)7)35-26-33(43-51-11-4)31-24-28(16-12-14-21-45)30(17-13-15-22-46)36-32-25-29(52-38(47)42-10-3)18-19-34(32)53-41(35,37(31)36)50-23-9-2/h9,18-19,24-25,28,30,35-37,45-46H,2,8,10-17,20-23,26-27H2,1,3-7H3,(H,42,47)/t28-,30+,35-,36+,37+,41+/m0/s1. The summed E-state index contributed by atoms with van der Waals surface area (Å²) in [4.78, 5) is 34.3. The van der Waals surface area contributed by atoms with E-state index in [9.17, 15) is 19.8 Å². The highest BCUT2D eigenvalue weighted by molar-refractivity contribution is 6.03. The molecular formula is C41H63N3O9. The molecule has 0 aromatic heterocycles. The molecule has 0 spiro atoms. The number of benzene rings is 1. The number of carbonyl (C=O) groups is 2. The van der Waals surface area contributed by atoms with Crippen LogP contribution in [0.2, 0.25) is 0 Å². The molecule has 1 saturated carbocycles. The molecule has 1 heterocycles. The van der Waals surface area contributed by atoms with Crippen LogP contribution < -0.4 is 14.8 Å². The highest BCUT2D eigenvalue weighted by Gasteiger charge is 2.65. The summed E-state index contributed by atoms with van der Waals surface area (Å²) in [5, 5.41) is 27.0. The van der Waals surface area contributed by atoms with Gasteiger partial charge in [-0.05, 0) is 87.0 Å². The molecule has 4 rings (SSSR count). The zero-order valence-electron chi connectivity index (χ0n) is 32.7. The minimum Gasteiger partial charge on any atom is -0.459 e. The third kappa shape index (κ3) is 10.1. The minimum absolute atomic E-state index is 0.0441. The van der Waals surface area contributed by atoms with E-state index in [0.717, 1.165) is 42.5 Å². The van der Waals surface area contributed by atoms with Crippen molar-refractivity contribution in [1.82, 2.24) is 10.2 Å². The van der Waals surface area contributed by atoms with E-state index < -0.39 is 29.9 Å². The second-order valence-electron chi connectivity index (χ2n) is 15.4. The van der Waals surface area contributed by atoms with E-state index in [4.69, 9.17) is 28.9 Å². The van der Waals surface area contributed by atoms with Gasteiger partial charge in [0.15, 0.2) is 0 Å². The van der Waals surface area contributed by atoms with Crippen LogP contribution in [-0.4, -0.2) is 91.0 Å². The first kappa shape index (κ1) is 42.1. The monoisotopic (exact) mass is 741 g/mol. The Morgan fingerprint density at radius 1 is 1.11 bits per heavy atom. The van der Waals surface area contributed by atoms with E-state index in [1.54, 1.807) is 17.0 Å². The van der Waals surface area contributed by atoms with Crippen molar-refractivity contribution >= 4 is 17.9 Å². The fourth-order valence-electron chi connectivity index (χ4n) is 8.12. The van der Waals surface area contributed by atoms with Crippen molar-refractivity contribution in [3.05, 3.63) is 48.1 Å². The largest absolute Gasteiger partial charge is 0.459 e. The maximum absolute atomic E-state index is 14.2. The summed E-state index contributed by atoms with van der Waals surface area (Å²) >= 11 is 0. The fourth-order valence-corrected chi connectivity index (χ4v) is 8.12. The first-order chi connectivity index (χ1) is 25.5. The van der Waals surface area contributed by atoms with Gasteiger partial charge in [0.1, 0.15) is 24.1 Å². The highest BCUT2D eigenvalue weighted by Crippen LogP contribution is 2.62. The predicted octanol–water partition coefficient (Wildman–Crippen LogP) is 7.34. The summed E-state index contributed by atoms with van der Waals surface area (Å²) in [5.74, 6) is -0.989. The van der Waals surface area contributed by atoms with Crippen LogP contribution in [0.5, 0.6) is 11.5 Å². The van der Waals surface area contributed by atoms with Crippen molar-refractivity contribution in [3.8, 4) is 11.5 Å². The highest BCUT2D eigenvalue weighted by atomic mass is 16.7. The first-order valence-electron chi connectivity index (χ1n) is 19.6. The predicted molar refractivity (Wildman–Crippen MR) is 204 cm³/mol. The van der Waals surface area contributed by atoms with Crippen molar-refractivity contribution in [2.75, 3.05) is 46.1 Å². The lowest BCUT2D eigenvalue weighted by molar-refractivity contribution is -0.255. The molecule has 1 aromatic carbocycles. The number of hydrogen-bond acceptors (Lipinski definition) is 10. The molecule has 2 amide bonds. The summed E-state index contributed by atoms with van der Waals surface area (Å²) in [6.07, 6.45) is 8.52. The molecule has 1 fully saturated rings. The lowest BCUT2D eigenvalue weighted by Gasteiger charge is -2.60. The van der Waals surface area contributed by atoms with E-state index >= 15 is 0 Å². The second kappa shape index (κ2) is 19.6. The minimum atomic E-state index is -1.38. The number of allylic oxidation sites excluding steroid dienone is 1. The first-order valence-corrected chi connectivity index (χ1v) is 19.6. The SMILES string of the molecule is C=CCO[C@@]12Oc3ccc(OC(=O)NCC)cc3[C@H]3[C@H](CCCCO)[C@@H](CCCCO)C=C(C(=NOCC)C[C@@H]1N(CCC)C(=O)OCC(C)(C)C)[C@H]32. The van der Waals surface area contributed by atoms with Crippen LogP contribution >= 0.6 is 0 Å². The molecule has 1 aromatic rings. The van der Waals surface area contributed by atoms with Gasteiger partial charge in [0.05, 0.1) is 24.8 Å². The Balaban J connectivity index is 2.02. The Kier molecular flexibility index (Phi) is 15.6. The van der Waals surface area contributed by atoms with Gasteiger partial charge in [-0.25, -0.2) is 9.59 Å². The van der Waals surface area contributed by atoms with Gasteiger partial charge < -0.3 is 39.3 Å². The Morgan fingerprint density at radius 2 is 1.85 bits per heavy atom. The van der Waals surface area contributed by atoms with Gasteiger partial charge in [0, 0.05) is 44.2 Å². The Morgan fingerprint density at radius 3 is 2.49 bits per heavy atom. The van der Waals surface area contributed by atoms with E-state index in [1.807, 2.05) is 53.7 Å². The number of rotatable bonds is 19. The molecule has 3 N–H and O–H groups in total. The molecule has 6 atom stereocenters. The third-order valence-electron chi connectivity index (χ3n) is 10.2. The second-order valence-corrected chi connectivity index (χ2v) is 15.4. The zero-order valence-corrected chi connectivity index (χ0v) is 32.7. The van der Waals surface area contributed by atoms with Gasteiger partial charge in [0.25, 0.3) is 0 Å². The van der Waals surface area contributed by atoms with Gasteiger partial charge in [-0.1, -0.05) is 57.8 Å². The number of unbranched alkanes of at least 4 members (excludes halogenated alkanes) is 2. The van der Waals surface area contributed by atoms with Crippen LogP contribution in [0.3, 0.4) is 0 Å². The topological polar surface area (TPSA) is 148 Å². The third-order valence-corrected chi connectivity index (χ3v) is 10.2. The van der Waals surface area contributed by atoms with Crippen LogP contribution in [0.15, 0.2) is 47.7 Å². The molecule has 3 aliphatic rings. The van der Waals surface area contributed by atoms with Gasteiger partial charge in [0.2, 0.25) is 5.79 Å². The van der Waals surface area contributed by atoms with Crippen molar-refractivity contribution in [2.45, 2.75) is 111 Å². The number of amides is 2. The van der Waals surface area contributed by atoms with Crippen molar-refractivity contribution in [2.24, 2.45) is 28.3 Å². The van der Waals surface area contributed by atoms with Gasteiger partial charge in [-0.3, -0.25) is 4.90 Å². The van der Waals surface area contributed by atoms with E-state index in [0.29, 0.717) is 56.9 Å². The van der Waals surface area contributed by atoms with Crippen LogP contribution in [0.1, 0.15) is 104 Å². The fraction of sp³-hybridized carbons (Fsp3) is 0.683. The number of oxime groups is 1. The Labute approximate surface area is 315 Å². The summed E-state index contributed by atoms with van der Waals surface area (Å²) in [6, 6.07) is 4.77. The molecule has 53 heavy (non-hydrogen) atoms. The average Bonchev–Trinajstić information content (AvgIpc) is 3.12. The van der Waals surface area contributed by atoms with Crippen molar-refractivity contribution in [3.63, 3.8) is 0 Å². The number of aliphatic hydroxyl groups is 2. The van der Waals surface area contributed by atoms with Crippen molar-refractivity contribution < 1.29 is 43.6 Å². The van der Waals surface area contributed by atoms with Gasteiger partial charge >= 0.3 is 12.2 Å². The van der Waals surface area contributed by atoms with E-state index in [1.165, 1.54) is 0 Å². The normalized spacial score (nSPS) is 25.3. The molecule has 296 valence electrons. The Hall–Kier alpha value is -3.61. The number of ether oxygens (including phenoxy) is 4. The van der Waals surface area contributed by atoms with Crippen LogP contribution in [0, 0.1) is 23.2 Å². The summed E-state index contributed by atoms with van der Waals surface area (Å²) in [5.41, 5.74) is 2.29. The number of nitrogens with zero attached hydrogens (tertiary/aromatic N) is 2. The molecule has 12 heteroatoms. The number of nitrogens with one attached hydrogen (secondary N) is 1. The van der Waals surface area contributed by atoms with E-state index in [-0.39, 0.29) is 49.6 Å². The maximum atomic E-state index is 14.2. The smallest absolute Gasteiger partial charge is 0.412 e. The lowest BCUT2D eigenvalue weighted by Crippen LogP contribution is -2.70. The summed E-state index contributed by atoms with van der Waals surface area (Å²) in [7, 11) is 0. The molecule has 0 unspecified atom stereocenters. The molecule has 0 radical (unpaired) electrons. The molecular weight excluding hydrogens is 678 g/mol. The molecule has 1 aliphatic heterocycles. The summed E-state index contributed by atoms with van der Waals surface area (Å²) < 4.78 is 25.8. The molecule has 0 bridgehead atoms. The van der Waals surface area contributed by atoms with Crippen molar-refractivity contribution in [1.29, 1.82) is 0 Å². The van der Waals surface area contributed by atoms with Gasteiger partial charge in [-0.2, -0.15) is 0 Å². The van der Waals surface area contributed by atoms with Gasteiger partial charge in [-0.15, -0.1) is 6.58 Å². The lowest BCUT2D eigenvalue weighted by atomic mass is 9.55. The maximum Gasteiger partial charge on any atom is 0.412 e. The molecule has 0 saturated heterocycles. The Bertz CT molecular complexity index is 1440. The van der Waals surface area contributed by atoms with Crippen LogP contribution in [0.25, 0.3) is 0 Å². The van der Waals surface area contributed by atoms with Crippen LogP contribution in [-0.2, 0) is 14.3 Å². The van der Waals surface area contributed by atoms with E-state index in [2.05, 4.69) is 18.0 Å². The zero-order chi connectivity index (χ0) is 38.6. The average molecular weight is 742 g/mol. The molecule has 2 aliphatic carbocycles. The number of fused-ring (bicyclic) bond motifs is 2. The quantitative estimate of drug-likeness (QED) is 0.0752. The molecule has 12 nitrogen and oxygen atoms in total. The number of hydrogen-bond donors (Lipinski definition) is 3. The summed E-state index contributed by atoms with van der Waals surface area (Å²) in [6.45, 7) is 17.6. The number of aliphatic hydroxyl groups excluding tert-OH is 2.